The van der Waals surface area contributed by atoms with E-state index in [-0.39, 0.29) is 0 Å². The normalized spacial score (nSPS) is 10.1. The standard InChI is InChI=1S/C11H9BO3S/c13-7-8-5-6-11(16-8)9-3-1-2-4-10(9)12(14)15/h1-7,14-15H. The Kier molecular flexibility index (Phi) is 3.19. The third-order valence-electron chi connectivity index (χ3n) is 2.25. The summed E-state index contributed by atoms with van der Waals surface area (Å²) in [5, 5.41) is 18.4. The molecule has 1 aromatic carbocycles. The zero-order valence-corrected chi connectivity index (χ0v) is 9.15. The van der Waals surface area contributed by atoms with E-state index in [9.17, 15) is 14.8 Å². The Morgan fingerprint density at radius 1 is 1.12 bits per heavy atom. The van der Waals surface area contributed by atoms with Crippen LogP contribution in [-0.4, -0.2) is 23.5 Å². The van der Waals surface area contributed by atoms with Crippen LogP contribution in [0.15, 0.2) is 36.4 Å². The molecule has 0 unspecified atom stereocenters. The average molecular weight is 232 g/mol. The van der Waals surface area contributed by atoms with Crippen LogP contribution in [0.5, 0.6) is 0 Å². The number of aldehydes is 1. The molecule has 0 saturated heterocycles. The number of rotatable bonds is 3. The Balaban J connectivity index is 2.50. The number of carbonyl (C=O) groups excluding carboxylic acids is 1. The Labute approximate surface area is 97.1 Å². The smallest absolute Gasteiger partial charge is 0.423 e. The minimum atomic E-state index is -1.50. The van der Waals surface area contributed by atoms with Gasteiger partial charge in [0.05, 0.1) is 4.88 Å². The SMILES string of the molecule is O=Cc1ccc(-c2ccccc2B(O)O)s1. The van der Waals surface area contributed by atoms with Gasteiger partial charge < -0.3 is 10.0 Å². The second kappa shape index (κ2) is 4.61. The Morgan fingerprint density at radius 2 is 1.88 bits per heavy atom. The first-order valence-corrected chi connectivity index (χ1v) is 5.54. The molecular weight excluding hydrogens is 223 g/mol. The molecular formula is C11H9BO3S. The van der Waals surface area contributed by atoms with E-state index in [0.29, 0.717) is 10.3 Å². The van der Waals surface area contributed by atoms with E-state index >= 15 is 0 Å². The van der Waals surface area contributed by atoms with E-state index in [1.165, 1.54) is 11.3 Å². The van der Waals surface area contributed by atoms with Gasteiger partial charge in [-0.05, 0) is 23.2 Å². The van der Waals surface area contributed by atoms with Crippen molar-refractivity contribution in [3.05, 3.63) is 41.3 Å². The first kappa shape index (κ1) is 11.1. The fourth-order valence-corrected chi connectivity index (χ4v) is 2.38. The van der Waals surface area contributed by atoms with Crippen molar-refractivity contribution < 1.29 is 14.8 Å². The molecule has 0 bridgehead atoms. The van der Waals surface area contributed by atoms with E-state index in [0.717, 1.165) is 16.7 Å². The van der Waals surface area contributed by atoms with Crippen molar-refractivity contribution in [1.29, 1.82) is 0 Å². The summed E-state index contributed by atoms with van der Waals surface area (Å²) in [7, 11) is -1.50. The summed E-state index contributed by atoms with van der Waals surface area (Å²) >= 11 is 1.33. The fourth-order valence-electron chi connectivity index (χ4n) is 1.51. The predicted molar refractivity (Wildman–Crippen MR) is 65.0 cm³/mol. The van der Waals surface area contributed by atoms with Gasteiger partial charge in [0, 0.05) is 4.88 Å². The quantitative estimate of drug-likeness (QED) is 0.610. The number of carbonyl (C=O) groups is 1. The van der Waals surface area contributed by atoms with Gasteiger partial charge in [0.1, 0.15) is 0 Å². The van der Waals surface area contributed by atoms with E-state index in [4.69, 9.17) is 0 Å². The summed E-state index contributed by atoms with van der Waals surface area (Å²) in [5.41, 5.74) is 1.19. The second-order valence-corrected chi connectivity index (χ2v) is 4.40. The molecule has 0 spiro atoms. The molecule has 0 aliphatic heterocycles. The van der Waals surface area contributed by atoms with Crippen LogP contribution >= 0.6 is 11.3 Å². The van der Waals surface area contributed by atoms with Gasteiger partial charge in [-0.15, -0.1) is 11.3 Å². The molecule has 3 nitrogen and oxygen atoms in total. The number of hydrogen-bond donors (Lipinski definition) is 2. The molecule has 80 valence electrons. The van der Waals surface area contributed by atoms with Crippen molar-refractivity contribution in [3.63, 3.8) is 0 Å². The Morgan fingerprint density at radius 3 is 2.50 bits per heavy atom. The Hall–Kier alpha value is -1.43. The maximum absolute atomic E-state index is 10.6. The molecule has 0 aliphatic carbocycles. The first-order valence-electron chi connectivity index (χ1n) is 4.73. The van der Waals surface area contributed by atoms with Crippen LogP contribution in [-0.2, 0) is 0 Å². The van der Waals surface area contributed by atoms with E-state index in [1.54, 1.807) is 30.3 Å². The highest BCUT2D eigenvalue weighted by molar-refractivity contribution is 7.17. The van der Waals surface area contributed by atoms with Gasteiger partial charge in [0.2, 0.25) is 0 Å². The highest BCUT2D eigenvalue weighted by Crippen LogP contribution is 2.25. The van der Waals surface area contributed by atoms with Crippen molar-refractivity contribution in [1.82, 2.24) is 0 Å². The fraction of sp³-hybridized carbons (Fsp3) is 0. The van der Waals surface area contributed by atoms with Crippen LogP contribution in [0.2, 0.25) is 0 Å². The molecule has 0 radical (unpaired) electrons. The van der Waals surface area contributed by atoms with Crippen LogP contribution in [0.3, 0.4) is 0 Å². The molecule has 2 rings (SSSR count). The van der Waals surface area contributed by atoms with Crippen LogP contribution in [0.25, 0.3) is 10.4 Å². The molecule has 0 amide bonds. The van der Waals surface area contributed by atoms with Gasteiger partial charge in [0.25, 0.3) is 0 Å². The summed E-state index contributed by atoms with van der Waals surface area (Å²) in [5.74, 6) is 0. The molecule has 5 heteroatoms. The van der Waals surface area contributed by atoms with Crippen molar-refractivity contribution in [2.45, 2.75) is 0 Å². The zero-order valence-electron chi connectivity index (χ0n) is 8.33. The van der Waals surface area contributed by atoms with Crippen molar-refractivity contribution in [2.75, 3.05) is 0 Å². The third kappa shape index (κ3) is 2.06. The maximum Gasteiger partial charge on any atom is 0.489 e. The van der Waals surface area contributed by atoms with Gasteiger partial charge >= 0.3 is 7.12 Å². The average Bonchev–Trinajstić information content (AvgIpc) is 2.77. The van der Waals surface area contributed by atoms with Crippen LogP contribution in [0, 0.1) is 0 Å². The highest BCUT2D eigenvalue weighted by atomic mass is 32.1. The number of thiophene rings is 1. The summed E-state index contributed by atoms with van der Waals surface area (Å²) in [4.78, 5) is 12.1. The van der Waals surface area contributed by atoms with Crippen molar-refractivity contribution >= 4 is 30.2 Å². The summed E-state index contributed by atoms with van der Waals surface area (Å²) in [6.07, 6.45) is 0.784. The van der Waals surface area contributed by atoms with Crippen LogP contribution < -0.4 is 5.46 Å². The highest BCUT2D eigenvalue weighted by Gasteiger charge is 2.17. The number of benzene rings is 1. The van der Waals surface area contributed by atoms with E-state index in [1.807, 2.05) is 6.07 Å². The third-order valence-corrected chi connectivity index (χ3v) is 3.29. The monoisotopic (exact) mass is 232 g/mol. The molecule has 0 fully saturated rings. The lowest BCUT2D eigenvalue weighted by atomic mass is 9.77. The van der Waals surface area contributed by atoms with E-state index < -0.39 is 7.12 Å². The minimum Gasteiger partial charge on any atom is -0.423 e. The number of hydrogen-bond acceptors (Lipinski definition) is 4. The minimum absolute atomic E-state index is 0.446. The van der Waals surface area contributed by atoms with Gasteiger partial charge in [0.15, 0.2) is 6.29 Å². The molecule has 2 N–H and O–H groups in total. The zero-order chi connectivity index (χ0) is 11.5. The van der Waals surface area contributed by atoms with Gasteiger partial charge in [-0.3, -0.25) is 4.79 Å². The lowest BCUT2D eigenvalue weighted by molar-refractivity contribution is 0.112. The van der Waals surface area contributed by atoms with Gasteiger partial charge in [-0.1, -0.05) is 24.3 Å². The van der Waals surface area contributed by atoms with E-state index in [2.05, 4.69) is 0 Å². The second-order valence-electron chi connectivity index (χ2n) is 3.28. The summed E-state index contributed by atoms with van der Waals surface area (Å²) in [6, 6.07) is 10.5. The first-order chi connectivity index (χ1) is 7.72. The van der Waals surface area contributed by atoms with Gasteiger partial charge in [-0.25, -0.2) is 0 Å². The molecule has 1 aromatic heterocycles. The summed E-state index contributed by atoms with van der Waals surface area (Å²) < 4.78 is 0. The molecule has 0 aliphatic rings. The lowest BCUT2D eigenvalue weighted by Crippen LogP contribution is -2.31. The molecule has 2 aromatic rings. The molecule has 1 heterocycles. The molecule has 0 atom stereocenters. The topological polar surface area (TPSA) is 57.5 Å². The largest absolute Gasteiger partial charge is 0.489 e. The lowest BCUT2D eigenvalue weighted by Gasteiger charge is -2.05. The van der Waals surface area contributed by atoms with Crippen molar-refractivity contribution in [2.24, 2.45) is 0 Å². The summed E-state index contributed by atoms with van der Waals surface area (Å²) in [6.45, 7) is 0. The maximum atomic E-state index is 10.6. The molecule has 0 saturated carbocycles. The van der Waals surface area contributed by atoms with Crippen molar-refractivity contribution in [3.8, 4) is 10.4 Å². The Bertz CT molecular complexity index is 507. The van der Waals surface area contributed by atoms with Gasteiger partial charge in [-0.2, -0.15) is 0 Å². The van der Waals surface area contributed by atoms with Crippen LogP contribution in [0.4, 0.5) is 0 Å². The predicted octanol–water partition coefficient (Wildman–Crippen LogP) is 0.907. The van der Waals surface area contributed by atoms with Crippen LogP contribution in [0.1, 0.15) is 9.67 Å². The molecule has 16 heavy (non-hydrogen) atoms.